The minimum atomic E-state index is 0. The summed E-state index contributed by atoms with van der Waals surface area (Å²) in [6, 6.07) is 0. The van der Waals surface area contributed by atoms with E-state index in [0.717, 1.165) is 0 Å². The zero-order valence-electron chi connectivity index (χ0n) is 4.85. The molecule has 4 heteroatoms. The van der Waals surface area contributed by atoms with Gasteiger partial charge in [0.15, 0.2) is 0 Å². The van der Waals surface area contributed by atoms with Crippen LogP contribution < -0.4 is 0 Å². The maximum Gasteiger partial charge on any atom is 0.0693 e. The molecule has 7 heavy (non-hydrogen) atoms. The van der Waals surface area contributed by atoms with Crippen molar-refractivity contribution in [2.75, 3.05) is 20.3 Å². The monoisotopic (exact) mass is 126 g/mol. The first-order valence-electron chi connectivity index (χ1n) is 1.51. The van der Waals surface area contributed by atoms with Crippen molar-refractivity contribution in [2.45, 2.75) is 0 Å². The summed E-state index contributed by atoms with van der Waals surface area (Å²) in [6.45, 7) is 0.566. The molecular weight excluding hydrogens is 118 g/mol. The first-order chi connectivity index (χ1) is 2.41. The quantitative estimate of drug-likeness (QED) is 0.474. The summed E-state index contributed by atoms with van der Waals surface area (Å²) >= 11 is 0. The number of rotatable bonds is 2. The van der Waals surface area contributed by atoms with E-state index < -0.39 is 0 Å². The Labute approximate surface area is 76.7 Å². The molecule has 4 radical (unpaired) electrons. The fourth-order valence-electron chi connectivity index (χ4n) is 0.0913. The Kier molecular flexibility index (Phi) is 35.3. The molecule has 0 spiro atoms. The maximum atomic E-state index is 7.94. The smallest absolute Gasteiger partial charge is 0.0693 e. The van der Waals surface area contributed by atoms with Gasteiger partial charge in [-0.3, -0.25) is 0 Å². The summed E-state index contributed by atoms with van der Waals surface area (Å²) in [5.41, 5.74) is 0. The van der Waals surface area contributed by atoms with E-state index in [0.29, 0.717) is 6.61 Å². The number of aliphatic hydroxyl groups is 1. The van der Waals surface area contributed by atoms with Crippen molar-refractivity contribution in [1.82, 2.24) is 0 Å². The number of methoxy groups -OCH3 is 1. The third kappa shape index (κ3) is 18.6. The van der Waals surface area contributed by atoms with Crippen LogP contribution in [0, 0.1) is 0 Å². The van der Waals surface area contributed by atoms with Crippen molar-refractivity contribution in [3.8, 4) is 0 Å². The summed E-state index contributed by atoms with van der Waals surface area (Å²) in [6.07, 6.45) is 0. The molecule has 0 atom stereocenters. The number of ether oxygens (including phenoxy) is 1. The molecule has 0 aromatic carbocycles. The molecule has 0 amide bonds. The van der Waals surface area contributed by atoms with Crippen molar-refractivity contribution in [3.63, 3.8) is 0 Å². The van der Waals surface area contributed by atoms with Gasteiger partial charge in [0.25, 0.3) is 0 Å². The molecule has 1 N–H and O–H groups in total. The second-order valence-electron chi connectivity index (χ2n) is 0.716. The van der Waals surface area contributed by atoms with Crippen molar-refractivity contribution < 1.29 is 9.84 Å². The van der Waals surface area contributed by atoms with Gasteiger partial charge in [0.1, 0.15) is 0 Å². The molecule has 0 aliphatic carbocycles. The van der Waals surface area contributed by atoms with Gasteiger partial charge in [-0.05, 0) is 0 Å². The number of aliphatic hydroxyl groups excluding tert-OH is 1. The summed E-state index contributed by atoms with van der Waals surface area (Å²) in [4.78, 5) is 0. The largest absolute Gasteiger partial charge is 0.394 e. The Bertz CT molecular complexity index is 20.4. The normalized spacial score (nSPS) is 6.00. The molecule has 2 nitrogen and oxygen atoms in total. The van der Waals surface area contributed by atoms with Gasteiger partial charge in [-0.25, -0.2) is 0 Å². The van der Waals surface area contributed by atoms with E-state index in [9.17, 15) is 0 Å². The Hall–Kier alpha value is 1.45. The predicted octanol–water partition coefficient (Wildman–Crippen LogP) is -1.14. The Morgan fingerprint density at radius 2 is 2.00 bits per heavy atom. The van der Waals surface area contributed by atoms with E-state index in [-0.39, 0.29) is 53.5 Å². The molecule has 0 aliphatic heterocycles. The third-order valence-electron chi connectivity index (χ3n) is 0.295. The fourth-order valence-corrected chi connectivity index (χ4v) is 0.0913. The average Bonchev–Trinajstić information content (AvgIpc) is 1.41. The molecule has 0 bridgehead atoms. The molecule has 0 aromatic rings. The van der Waals surface area contributed by atoms with Gasteiger partial charge < -0.3 is 9.84 Å². The first kappa shape index (κ1) is 15.8. The van der Waals surface area contributed by atoms with Crippen LogP contribution in [0.15, 0.2) is 0 Å². The second-order valence-corrected chi connectivity index (χ2v) is 0.716. The molecule has 0 fully saturated rings. The standard InChI is InChI=1S/C3H8O2.Al.Na/c1-5-3-2-4;;/h4H,2-3H2,1H3;;. The molecule has 0 aliphatic rings. The Morgan fingerprint density at radius 3 is 2.00 bits per heavy atom. The van der Waals surface area contributed by atoms with E-state index in [1.54, 1.807) is 7.11 Å². The molecule has 36 valence electrons. The summed E-state index contributed by atoms with van der Waals surface area (Å²) < 4.78 is 4.44. The van der Waals surface area contributed by atoms with Crippen LogP contribution in [0.25, 0.3) is 0 Å². The zero-order chi connectivity index (χ0) is 4.12. The molecule has 0 aromatic heterocycles. The van der Waals surface area contributed by atoms with Crippen molar-refractivity contribution in [2.24, 2.45) is 0 Å². The van der Waals surface area contributed by atoms with E-state index in [1.807, 2.05) is 0 Å². The van der Waals surface area contributed by atoms with Crippen LogP contribution >= 0.6 is 0 Å². The van der Waals surface area contributed by atoms with Gasteiger partial charge in [-0.2, -0.15) is 0 Å². The van der Waals surface area contributed by atoms with Gasteiger partial charge in [-0.1, -0.05) is 0 Å². The summed E-state index contributed by atoms with van der Waals surface area (Å²) in [7, 11) is 1.55. The van der Waals surface area contributed by atoms with Crippen LogP contribution in [-0.2, 0) is 4.74 Å². The van der Waals surface area contributed by atoms with E-state index in [1.165, 1.54) is 0 Å². The minimum absolute atomic E-state index is 0. The van der Waals surface area contributed by atoms with E-state index in [2.05, 4.69) is 4.74 Å². The van der Waals surface area contributed by atoms with Crippen molar-refractivity contribution >= 4 is 46.9 Å². The third-order valence-corrected chi connectivity index (χ3v) is 0.295. The van der Waals surface area contributed by atoms with Gasteiger partial charge in [0, 0.05) is 54.0 Å². The molecule has 0 unspecified atom stereocenters. The van der Waals surface area contributed by atoms with E-state index in [4.69, 9.17) is 5.11 Å². The first-order valence-corrected chi connectivity index (χ1v) is 1.51. The molecule has 0 saturated heterocycles. The zero-order valence-corrected chi connectivity index (χ0v) is 8.00. The van der Waals surface area contributed by atoms with Crippen LogP contribution in [0.3, 0.4) is 0 Å². The molecule has 0 heterocycles. The van der Waals surface area contributed by atoms with Crippen LogP contribution in [0.2, 0.25) is 0 Å². The fraction of sp³-hybridized carbons (Fsp3) is 1.00. The topological polar surface area (TPSA) is 29.5 Å². The van der Waals surface area contributed by atoms with Crippen LogP contribution in [0.4, 0.5) is 0 Å². The average molecular weight is 126 g/mol. The number of hydrogen-bond acceptors (Lipinski definition) is 2. The van der Waals surface area contributed by atoms with Crippen LogP contribution in [-0.4, -0.2) is 72.3 Å². The minimum Gasteiger partial charge on any atom is -0.394 e. The van der Waals surface area contributed by atoms with Gasteiger partial charge in [0.05, 0.1) is 13.2 Å². The number of hydrogen-bond donors (Lipinski definition) is 1. The molecule has 0 saturated carbocycles. The van der Waals surface area contributed by atoms with Gasteiger partial charge in [-0.15, -0.1) is 0 Å². The SMILES string of the molecule is COCCO.[Al].[Na]. The predicted molar refractivity (Wildman–Crippen MR) is 30.5 cm³/mol. The van der Waals surface area contributed by atoms with Crippen molar-refractivity contribution in [1.29, 1.82) is 0 Å². The molecule has 0 rings (SSSR count). The molecular formula is C3H8AlNaO2. The van der Waals surface area contributed by atoms with E-state index >= 15 is 0 Å². The summed E-state index contributed by atoms with van der Waals surface area (Å²) in [5, 5.41) is 7.94. The van der Waals surface area contributed by atoms with Crippen LogP contribution in [0.5, 0.6) is 0 Å². The Balaban J connectivity index is -0.0000000800. The van der Waals surface area contributed by atoms with Crippen LogP contribution in [0.1, 0.15) is 0 Å². The second kappa shape index (κ2) is 15.7. The van der Waals surface area contributed by atoms with Crippen molar-refractivity contribution in [3.05, 3.63) is 0 Å². The Morgan fingerprint density at radius 1 is 1.57 bits per heavy atom. The van der Waals surface area contributed by atoms with Gasteiger partial charge in [0.2, 0.25) is 0 Å². The van der Waals surface area contributed by atoms with Gasteiger partial charge >= 0.3 is 0 Å². The maximum absolute atomic E-state index is 7.94. The summed E-state index contributed by atoms with van der Waals surface area (Å²) in [5.74, 6) is 0.